The van der Waals surface area contributed by atoms with Crippen LogP contribution in [0.5, 0.6) is 0 Å². The highest BCUT2D eigenvalue weighted by atomic mass is 16.5. The first-order valence-electron chi connectivity index (χ1n) is 4.77. The fourth-order valence-corrected chi connectivity index (χ4v) is 0.905. The van der Waals surface area contributed by atoms with Crippen molar-refractivity contribution in [2.45, 2.75) is 20.3 Å². The van der Waals surface area contributed by atoms with Crippen LogP contribution in [0.2, 0.25) is 0 Å². The summed E-state index contributed by atoms with van der Waals surface area (Å²) < 4.78 is 9.36. The summed E-state index contributed by atoms with van der Waals surface area (Å²) in [4.78, 5) is 21.9. The molecule has 4 heteroatoms. The molecule has 16 heavy (non-hydrogen) atoms. The van der Waals surface area contributed by atoms with Crippen molar-refractivity contribution in [2.24, 2.45) is 0 Å². The van der Waals surface area contributed by atoms with Gasteiger partial charge < -0.3 is 9.47 Å². The molecule has 88 valence electrons. The second kappa shape index (κ2) is 7.45. The summed E-state index contributed by atoms with van der Waals surface area (Å²) in [7, 11) is 1.26. The summed E-state index contributed by atoms with van der Waals surface area (Å²) in [5.74, 6) is -0.856. The van der Waals surface area contributed by atoms with Gasteiger partial charge in [-0.25, -0.2) is 4.79 Å². The van der Waals surface area contributed by atoms with Gasteiger partial charge in [0.1, 0.15) is 5.76 Å². The molecule has 0 saturated heterocycles. The maximum absolute atomic E-state index is 11.0. The molecule has 0 fully saturated rings. The number of methoxy groups -OCH3 is 1. The van der Waals surface area contributed by atoms with E-state index in [2.05, 4.69) is 11.3 Å². The second-order valence-corrected chi connectivity index (χ2v) is 3.04. The minimum Gasteiger partial charge on any atom is -0.466 e. The normalized spacial score (nSPS) is 11.9. The average Bonchev–Trinajstić information content (AvgIpc) is 2.24. The molecular formula is C12H16O4. The quantitative estimate of drug-likeness (QED) is 0.236. The molecule has 0 aromatic carbocycles. The van der Waals surface area contributed by atoms with Crippen molar-refractivity contribution >= 4 is 11.9 Å². The molecule has 0 aliphatic carbocycles. The third-order valence-corrected chi connectivity index (χ3v) is 1.68. The number of ether oxygens (including phenoxy) is 2. The first-order valence-corrected chi connectivity index (χ1v) is 4.77. The molecule has 0 amide bonds. The predicted molar refractivity (Wildman–Crippen MR) is 60.4 cm³/mol. The molecule has 0 aliphatic heterocycles. The van der Waals surface area contributed by atoms with Crippen LogP contribution in [-0.2, 0) is 19.1 Å². The van der Waals surface area contributed by atoms with Gasteiger partial charge in [0.25, 0.3) is 0 Å². The van der Waals surface area contributed by atoms with E-state index in [0.29, 0.717) is 12.0 Å². The number of hydrogen-bond donors (Lipinski definition) is 0. The highest BCUT2D eigenvalue weighted by molar-refractivity contribution is 5.84. The standard InChI is InChI=1S/C12H16O4/c1-5-6-7-9(2)11(16-10(3)13)8-12(14)15-4/h5,7-8H,1,6H2,2-4H3/b9-7+,11-8-. The summed E-state index contributed by atoms with van der Waals surface area (Å²) in [6.45, 7) is 6.57. The zero-order valence-corrected chi connectivity index (χ0v) is 9.78. The Morgan fingerprint density at radius 1 is 1.31 bits per heavy atom. The lowest BCUT2D eigenvalue weighted by Gasteiger charge is -2.06. The second-order valence-electron chi connectivity index (χ2n) is 3.04. The summed E-state index contributed by atoms with van der Waals surface area (Å²) in [5, 5.41) is 0. The summed E-state index contributed by atoms with van der Waals surface area (Å²) >= 11 is 0. The van der Waals surface area contributed by atoms with Crippen LogP contribution >= 0.6 is 0 Å². The zero-order chi connectivity index (χ0) is 12.6. The van der Waals surface area contributed by atoms with Crippen molar-refractivity contribution in [3.63, 3.8) is 0 Å². The highest BCUT2D eigenvalue weighted by Gasteiger charge is 2.07. The maximum atomic E-state index is 11.0. The third kappa shape index (κ3) is 5.80. The lowest BCUT2D eigenvalue weighted by molar-refractivity contribution is -0.137. The molecule has 0 heterocycles. The first kappa shape index (κ1) is 14.2. The monoisotopic (exact) mass is 224 g/mol. The molecule has 0 bridgehead atoms. The molecular weight excluding hydrogens is 208 g/mol. The largest absolute Gasteiger partial charge is 0.466 e. The van der Waals surface area contributed by atoms with E-state index in [0.717, 1.165) is 6.08 Å². The molecule has 0 radical (unpaired) electrons. The van der Waals surface area contributed by atoms with Gasteiger partial charge in [0.15, 0.2) is 0 Å². The zero-order valence-electron chi connectivity index (χ0n) is 9.78. The Morgan fingerprint density at radius 2 is 1.94 bits per heavy atom. The lowest BCUT2D eigenvalue weighted by Crippen LogP contribution is -2.04. The molecule has 0 aliphatic rings. The number of rotatable bonds is 5. The topological polar surface area (TPSA) is 52.6 Å². The highest BCUT2D eigenvalue weighted by Crippen LogP contribution is 2.12. The molecule has 0 spiro atoms. The number of carbonyl (C=O) groups is 2. The number of allylic oxidation sites excluding steroid dienone is 3. The minimum absolute atomic E-state index is 0.196. The van der Waals surface area contributed by atoms with Crippen LogP contribution < -0.4 is 0 Å². The molecule has 4 nitrogen and oxygen atoms in total. The molecule has 0 N–H and O–H groups in total. The van der Waals surface area contributed by atoms with Crippen LogP contribution in [-0.4, -0.2) is 19.0 Å². The van der Waals surface area contributed by atoms with E-state index in [1.54, 1.807) is 19.1 Å². The molecule has 0 rings (SSSR count). The average molecular weight is 224 g/mol. The predicted octanol–water partition coefficient (Wildman–Crippen LogP) is 2.13. The molecule has 0 aromatic heterocycles. The van der Waals surface area contributed by atoms with E-state index < -0.39 is 11.9 Å². The van der Waals surface area contributed by atoms with Crippen molar-refractivity contribution in [1.82, 2.24) is 0 Å². The van der Waals surface area contributed by atoms with Crippen molar-refractivity contribution < 1.29 is 19.1 Å². The van der Waals surface area contributed by atoms with Gasteiger partial charge in [-0.3, -0.25) is 4.79 Å². The number of hydrogen-bond acceptors (Lipinski definition) is 4. The van der Waals surface area contributed by atoms with Crippen LogP contribution in [0, 0.1) is 0 Å². The SMILES string of the molecule is C=CC/C=C(C)/C(=C/C(=O)OC)OC(C)=O. The van der Waals surface area contributed by atoms with Gasteiger partial charge >= 0.3 is 11.9 Å². The number of carbonyl (C=O) groups excluding carboxylic acids is 2. The summed E-state index contributed by atoms with van der Waals surface area (Å²) in [6.07, 6.45) is 5.26. The van der Waals surface area contributed by atoms with Crippen molar-refractivity contribution in [2.75, 3.05) is 7.11 Å². The fraction of sp³-hybridized carbons (Fsp3) is 0.333. The Labute approximate surface area is 95.2 Å². The summed E-state index contributed by atoms with van der Waals surface area (Å²) in [5.41, 5.74) is 0.681. The van der Waals surface area contributed by atoms with Gasteiger partial charge in [-0.05, 0) is 18.9 Å². The Kier molecular flexibility index (Phi) is 6.59. The van der Waals surface area contributed by atoms with Gasteiger partial charge in [-0.2, -0.15) is 0 Å². The van der Waals surface area contributed by atoms with E-state index in [1.807, 2.05) is 0 Å². The van der Waals surface area contributed by atoms with Crippen molar-refractivity contribution in [1.29, 1.82) is 0 Å². The van der Waals surface area contributed by atoms with Crippen LogP contribution in [0.15, 0.2) is 36.1 Å². The van der Waals surface area contributed by atoms with Gasteiger partial charge in [0, 0.05) is 6.92 Å². The molecule has 0 aromatic rings. The van der Waals surface area contributed by atoms with Crippen molar-refractivity contribution in [3.05, 3.63) is 36.1 Å². The maximum Gasteiger partial charge on any atom is 0.334 e. The van der Waals surface area contributed by atoms with Crippen LogP contribution in [0.4, 0.5) is 0 Å². The van der Waals surface area contributed by atoms with Crippen LogP contribution in [0.3, 0.4) is 0 Å². The molecule has 0 unspecified atom stereocenters. The van der Waals surface area contributed by atoms with Gasteiger partial charge in [0.2, 0.25) is 0 Å². The molecule has 0 saturated carbocycles. The van der Waals surface area contributed by atoms with E-state index in [4.69, 9.17) is 4.74 Å². The van der Waals surface area contributed by atoms with E-state index in [9.17, 15) is 9.59 Å². The molecule has 0 atom stereocenters. The number of esters is 2. The van der Waals surface area contributed by atoms with Crippen molar-refractivity contribution in [3.8, 4) is 0 Å². The Balaban J connectivity index is 4.92. The van der Waals surface area contributed by atoms with Crippen LogP contribution in [0.1, 0.15) is 20.3 Å². The first-order chi connectivity index (χ1) is 7.51. The van der Waals surface area contributed by atoms with E-state index in [1.165, 1.54) is 14.0 Å². The lowest BCUT2D eigenvalue weighted by atomic mass is 10.2. The van der Waals surface area contributed by atoms with E-state index in [-0.39, 0.29) is 5.76 Å². The minimum atomic E-state index is -0.567. The van der Waals surface area contributed by atoms with Gasteiger partial charge in [-0.1, -0.05) is 12.2 Å². The van der Waals surface area contributed by atoms with Gasteiger partial charge in [-0.15, -0.1) is 6.58 Å². The smallest absolute Gasteiger partial charge is 0.334 e. The Bertz CT molecular complexity index is 337. The Hall–Kier alpha value is -1.84. The van der Waals surface area contributed by atoms with E-state index >= 15 is 0 Å². The Morgan fingerprint density at radius 3 is 2.38 bits per heavy atom. The summed E-state index contributed by atoms with van der Waals surface area (Å²) in [6, 6.07) is 0. The van der Waals surface area contributed by atoms with Gasteiger partial charge in [0.05, 0.1) is 13.2 Å². The van der Waals surface area contributed by atoms with Crippen LogP contribution in [0.25, 0.3) is 0 Å². The third-order valence-electron chi connectivity index (χ3n) is 1.68. The fourth-order valence-electron chi connectivity index (χ4n) is 0.905.